The van der Waals surface area contributed by atoms with E-state index in [1.165, 1.54) is 32.1 Å². The Balaban J connectivity index is 1.88. The van der Waals surface area contributed by atoms with Crippen LogP contribution in [-0.4, -0.2) is 18.8 Å². The summed E-state index contributed by atoms with van der Waals surface area (Å²) in [5.41, 5.74) is 5.80. The minimum Gasteiger partial charge on any atom is -0.378 e. The summed E-state index contributed by atoms with van der Waals surface area (Å²) >= 11 is 0. The summed E-state index contributed by atoms with van der Waals surface area (Å²) in [6.45, 7) is 3.17. The molecule has 0 radical (unpaired) electrons. The van der Waals surface area contributed by atoms with Gasteiger partial charge < -0.3 is 10.5 Å². The molecule has 1 aliphatic carbocycles. The molecule has 2 heteroatoms. The summed E-state index contributed by atoms with van der Waals surface area (Å²) in [7, 11) is 0. The molecule has 78 valence electrons. The van der Waals surface area contributed by atoms with Crippen LogP contribution >= 0.6 is 0 Å². The minimum atomic E-state index is 0.403. The average Bonchev–Trinajstić information content (AvgIpc) is 2.51. The molecule has 0 saturated heterocycles. The molecule has 0 spiro atoms. The van der Waals surface area contributed by atoms with Gasteiger partial charge in [0.15, 0.2) is 0 Å². The summed E-state index contributed by atoms with van der Waals surface area (Å²) < 4.78 is 5.74. The molecule has 1 rings (SSSR count). The molecule has 2 unspecified atom stereocenters. The van der Waals surface area contributed by atoms with Gasteiger partial charge in [-0.3, -0.25) is 0 Å². The number of rotatable bonds is 6. The summed E-state index contributed by atoms with van der Waals surface area (Å²) in [5.74, 6) is 0. The van der Waals surface area contributed by atoms with Gasteiger partial charge in [0.1, 0.15) is 0 Å². The van der Waals surface area contributed by atoms with Crippen molar-refractivity contribution in [2.75, 3.05) is 6.61 Å². The highest BCUT2D eigenvalue weighted by Gasteiger charge is 2.21. The van der Waals surface area contributed by atoms with Gasteiger partial charge in [0.25, 0.3) is 0 Å². The number of unbranched alkanes of at least 4 members (excludes halogenated alkanes) is 3. The molecular weight excluding hydrogens is 162 g/mol. The Hall–Kier alpha value is -0.0800. The molecule has 1 fully saturated rings. The van der Waals surface area contributed by atoms with Crippen LogP contribution in [-0.2, 0) is 4.74 Å². The molecule has 0 aromatic rings. The van der Waals surface area contributed by atoms with Gasteiger partial charge in [0.2, 0.25) is 0 Å². The summed E-state index contributed by atoms with van der Waals surface area (Å²) in [4.78, 5) is 0. The van der Waals surface area contributed by atoms with E-state index in [2.05, 4.69) is 6.92 Å². The second kappa shape index (κ2) is 6.39. The van der Waals surface area contributed by atoms with Crippen molar-refractivity contribution in [3.05, 3.63) is 0 Å². The lowest BCUT2D eigenvalue weighted by Gasteiger charge is -2.10. The Morgan fingerprint density at radius 1 is 1.23 bits per heavy atom. The molecule has 13 heavy (non-hydrogen) atoms. The predicted molar refractivity (Wildman–Crippen MR) is 55.7 cm³/mol. The Bertz CT molecular complexity index is 127. The molecule has 1 aliphatic rings. The normalized spacial score (nSPS) is 28.2. The standard InChI is InChI=1S/C11H23NO/c1-2-3-4-5-8-13-11-7-6-10(12)9-11/h10-11H,2-9,12H2,1H3. The minimum absolute atomic E-state index is 0.403. The zero-order valence-corrected chi connectivity index (χ0v) is 8.80. The van der Waals surface area contributed by atoms with E-state index in [0.29, 0.717) is 12.1 Å². The van der Waals surface area contributed by atoms with Gasteiger partial charge in [-0.05, 0) is 25.7 Å². The summed E-state index contributed by atoms with van der Waals surface area (Å²) in [6.07, 6.45) is 9.05. The third-order valence-electron chi connectivity index (χ3n) is 2.78. The lowest BCUT2D eigenvalue weighted by molar-refractivity contribution is 0.0548. The maximum absolute atomic E-state index is 5.80. The van der Waals surface area contributed by atoms with Gasteiger partial charge in [-0.15, -0.1) is 0 Å². The van der Waals surface area contributed by atoms with Gasteiger partial charge in [-0.2, -0.15) is 0 Å². The monoisotopic (exact) mass is 185 g/mol. The van der Waals surface area contributed by atoms with Gasteiger partial charge in [-0.1, -0.05) is 26.2 Å². The maximum Gasteiger partial charge on any atom is 0.0590 e. The van der Waals surface area contributed by atoms with Crippen LogP contribution < -0.4 is 5.73 Å². The lowest BCUT2D eigenvalue weighted by atomic mass is 10.2. The smallest absolute Gasteiger partial charge is 0.0590 e. The zero-order chi connectivity index (χ0) is 9.52. The van der Waals surface area contributed by atoms with E-state index in [1.54, 1.807) is 0 Å². The predicted octanol–water partition coefficient (Wildman–Crippen LogP) is 2.46. The molecule has 2 N–H and O–H groups in total. The fourth-order valence-corrected chi connectivity index (χ4v) is 1.90. The SMILES string of the molecule is CCCCCCOC1CCC(N)C1. The van der Waals surface area contributed by atoms with Crippen molar-refractivity contribution in [3.8, 4) is 0 Å². The first kappa shape index (κ1) is 11.0. The van der Waals surface area contributed by atoms with Gasteiger partial charge in [0, 0.05) is 12.6 Å². The number of hydrogen-bond donors (Lipinski definition) is 1. The second-order valence-electron chi connectivity index (χ2n) is 4.13. The van der Waals surface area contributed by atoms with E-state index in [1.807, 2.05) is 0 Å². The molecule has 2 nitrogen and oxygen atoms in total. The van der Waals surface area contributed by atoms with E-state index in [0.717, 1.165) is 19.4 Å². The fourth-order valence-electron chi connectivity index (χ4n) is 1.90. The Morgan fingerprint density at radius 3 is 2.69 bits per heavy atom. The molecular formula is C11H23NO. The Kier molecular flexibility index (Phi) is 5.40. The number of ether oxygens (including phenoxy) is 1. The first-order valence-corrected chi connectivity index (χ1v) is 5.70. The van der Waals surface area contributed by atoms with Crippen LogP contribution in [0.25, 0.3) is 0 Å². The second-order valence-corrected chi connectivity index (χ2v) is 4.13. The van der Waals surface area contributed by atoms with Gasteiger partial charge >= 0.3 is 0 Å². The fraction of sp³-hybridized carbons (Fsp3) is 1.00. The first-order valence-electron chi connectivity index (χ1n) is 5.70. The molecule has 0 bridgehead atoms. The van der Waals surface area contributed by atoms with Crippen LogP contribution in [0.1, 0.15) is 51.9 Å². The van der Waals surface area contributed by atoms with E-state index in [4.69, 9.17) is 10.5 Å². The van der Waals surface area contributed by atoms with Crippen molar-refractivity contribution in [1.29, 1.82) is 0 Å². The summed E-state index contributed by atoms with van der Waals surface area (Å²) in [5, 5.41) is 0. The van der Waals surface area contributed by atoms with Crippen molar-refractivity contribution in [2.24, 2.45) is 5.73 Å². The van der Waals surface area contributed by atoms with E-state index < -0.39 is 0 Å². The quantitative estimate of drug-likeness (QED) is 0.645. The third kappa shape index (κ3) is 4.63. The van der Waals surface area contributed by atoms with Gasteiger partial charge in [-0.25, -0.2) is 0 Å². The van der Waals surface area contributed by atoms with Crippen molar-refractivity contribution in [2.45, 2.75) is 64.0 Å². The molecule has 0 aliphatic heterocycles. The van der Waals surface area contributed by atoms with Crippen LogP contribution in [0.4, 0.5) is 0 Å². The average molecular weight is 185 g/mol. The molecule has 1 saturated carbocycles. The van der Waals surface area contributed by atoms with Crippen LogP contribution in [0.3, 0.4) is 0 Å². The summed E-state index contributed by atoms with van der Waals surface area (Å²) in [6, 6.07) is 0.403. The number of nitrogens with two attached hydrogens (primary N) is 1. The molecule has 0 heterocycles. The van der Waals surface area contributed by atoms with E-state index in [-0.39, 0.29) is 0 Å². The topological polar surface area (TPSA) is 35.2 Å². The molecule has 0 aromatic carbocycles. The van der Waals surface area contributed by atoms with Crippen LogP contribution in [0.2, 0.25) is 0 Å². The lowest BCUT2D eigenvalue weighted by Crippen LogP contribution is -2.17. The van der Waals surface area contributed by atoms with Crippen LogP contribution in [0.15, 0.2) is 0 Å². The molecule has 0 amide bonds. The van der Waals surface area contributed by atoms with E-state index >= 15 is 0 Å². The number of hydrogen-bond acceptors (Lipinski definition) is 2. The van der Waals surface area contributed by atoms with Crippen molar-refractivity contribution < 1.29 is 4.74 Å². The third-order valence-corrected chi connectivity index (χ3v) is 2.78. The largest absolute Gasteiger partial charge is 0.378 e. The Morgan fingerprint density at radius 2 is 2.08 bits per heavy atom. The first-order chi connectivity index (χ1) is 6.33. The highest BCUT2D eigenvalue weighted by atomic mass is 16.5. The Labute approximate surface area is 81.8 Å². The van der Waals surface area contributed by atoms with Gasteiger partial charge in [0.05, 0.1) is 6.10 Å². The molecule has 2 atom stereocenters. The highest BCUT2D eigenvalue weighted by Crippen LogP contribution is 2.20. The van der Waals surface area contributed by atoms with Crippen molar-refractivity contribution >= 4 is 0 Å². The highest BCUT2D eigenvalue weighted by molar-refractivity contribution is 4.77. The molecule has 0 aromatic heterocycles. The van der Waals surface area contributed by atoms with Crippen LogP contribution in [0.5, 0.6) is 0 Å². The zero-order valence-electron chi connectivity index (χ0n) is 8.80. The van der Waals surface area contributed by atoms with Crippen LogP contribution in [0, 0.1) is 0 Å². The van der Waals surface area contributed by atoms with E-state index in [9.17, 15) is 0 Å². The van der Waals surface area contributed by atoms with Crippen molar-refractivity contribution in [3.63, 3.8) is 0 Å². The van der Waals surface area contributed by atoms with Crippen molar-refractivity contribution in [1.82, 2.24) is 0 Å². The maximum atomic E-state index is 5.80.